The van der Waals surface area contributed by atoms with Crippen LogP contribution in [-0.4, -0.2) is 0 Å². The molecular formula is C17H11BrClF. The average molecular weight is 350 g/mol. The third-order valence-electron chi connectivity index (χ3n) is 3.35. The smallest absolute Gasteiger partial charge is 0.129 e. The maximum Gasteiger partial charge on any atom is 0.129 e. The van der Waals surface area contributed by atoms with Gasteiger partial charge >= 0.3 is 0 Å². The quantitative estimate of drug-likeness (QED) is 0.489. The Bertz CT molecular complexity index is 744. The van der Waals surface area contributed by atoms with Gasteiger partial charge in [0.15, 0.2) is 0 Å². The summed E-state index contributed by atoms with van der Waals surface area (Å²) in [4.78, 5) is -0.276. The molecule has 0 bridgehead atoms. The summed E-state index contributed by atoms with van der Waals surface area (Å²) in [6, 6.07) is 18.8. The van der Waals surface area contributed by atoms with Crippen LogP contribution in [0.5, 0.6) is 0 Å². The summed E-state index contributed by atoms with van der Waals surface area (Å²) in [6.45, 7) is 0. The predicted octanol–water partition coefficient (Wildman–Crippen LogP) is 6.12. The number of hydrogen-bond acceptors (Lipinski definition) is 0. The molecule has 0 aromatic heterocycles. The van der Waals surface area contributed by atoms with Gasteiger partial charge in [-0.05, 0) is 28.5 Å². The number of halogens is 3. The van der Waals surface area contributed by atoms with Crippen molar-refractivity contribution in [3.63, 3.8) is 0 Å². The Labute approximate surface area is 130 Å². The van der Waals surface area contributed by atoms with Crippen molar-refractivity contribution < 1.29 is 4.39 Å². The highest BCUT2D eigenvalue weighted by Crippen LogP contribution is 2.39. The lowest BCUT2D eigenvalue weighted by molar-refractivity contribution is 0.614. The molecule has 0 amide bonds. The minimum absolute atomic E-state index is 0.276. The van der Waals surface area contributed by atoms with E-state index in [1.54, 1.807) is 12.1 Å². The van der Waals surface area contributed by atoms with Crippen molar-refractivity contribution in [3.05, 3.63) is 82.6 Å². The molecule has 1 atom stereocenters. The third kappa shape index (κ3) is 2.34. The van der Waals surface area contributed by atoms with Crippen molar-refractivity contribution in [3.8, 4) is 0 Å². The van der Waals surface area contributed by atoms with Gasteiger partial charge < -0.3 is 0 Å². The minimum Gasteiger partial charge on any atom is -0.207 e. The fourth-order valence-corrected chi connectivity index (χ4v) is 3.65. The van der Waals surface area contributed by atoms with Crippen molar-refractivity contribution >= 4 is 38.3 Å². The molecule has 3 aromatic rings. The minimum atomic E-state index is -0.299. The number of hydrogen-bond donors (Lipinski definition) is 0. The van der Waals surface area contributed by atoms with Crippen molar-refractivity contribution in [2.75, 3.05) is 0 Å². The molecule has 0 aliphatic heterocycles. The second kappa shape index (κ2) is 5.55. The van der Waals surface area contributed by atoms with E-state index in [4.69, 9.17) is 11.6 Å². The number of benzene rings is 3. The summed E-state index contributed by atoms with van der Waals surface area (Å²) < 4.78 is 14.1. The van der Waals surface area contributed by atoms with Crippen LogP contribution in [-0.2, 0) is 0 Å². The maximum atomic E-state index is 14.1. The molecule has 0 radical (unpaired) electrons. The zero-order valence-electron chi connectivity index (χ0n) is 10.5. The van der Waals surface area contributed by atoms with Crippen LogP contribution in [0.15, 0.2) is 60.7 Å². The van der Waals surface area contributed by atoms with E-state index in [2.05, 4.69) is 15.9 Å². The van der Waals surface area contributed by atoms with Gasteiger partial charge in [0.1, 0.15) is 5.82 Å². The molecule has 100 valence electrons. The van der Waals surface area contributed by atoms with Crippen molar-refractivity contribution in [1.29, 1.82) is 0 Å². The molecule has 0 heterocycles. The molecule has 3 heteroatoms. The first-order chi connectivity index (χ1) is 9.68. The van der Waals surface area contributed by atoms with E-state index in [1.165, 1.54) is 6.07 Å². The van der Waals surface area contributed by atoms with Gasteiger partial charge in [-0.2, -0.15) is 0 Å². The Morgan fingerprint density at radius 2 is 1.60 bits per heavy atom. The third-order valence-corrected chi connectivity index (χ3v) is 4.63. The summed E-state index contributed by atoms with van der Waals surface area (Å²) in [6.07, 6.45) is 0. The molecule has 3 rings (SSSR count). The molecule has 0 saturated heterocycles. The molecule has 0 nitrogen and oxygen atoms in total. The second-order valence-corrected chi connectivity index (χ2v) is 5.89. The number of rotatable bonds is 2. The molecular weight excluding hydrogens is 339 g/mol. The average Bonchev–Trinajstić information content (AvgIpc) is 2.46. The maximum absolute atomic E-state index is 14.1. The first-order valence-electron chi connectivity index (χ1n) is 6.24. The largest absolute Gasteiger partial charge is 0.207 e. The van der Waals surface area contributed by atoms with Crippen LogP contribution in [0.3, 0.4) is 0 Å². The standard InChI is InChI=1S/C17H11BrClF/c18-17(16-14(19)9-4-10-15(16)20)13-8-3-6-11-5-1-2-7-12(11)13/h1-10,17H. The van der Waals surface area contributed by atoms with E-state index in [1.807, 2.05) is 42.5 Å². The van der Waals surface area contributed by atoms with Gasteiger partial charge in [-0.15, -0.1) is 0 Å². The molecule has 0 aliphatic carbocycles. The highest BCUT2D eigenvalue weighted by atomic mass is 79.9. The Morgan fingerprint density at radius 3 is 2.40 bits per heavy atom. The summed E-state index contributed by atoms with van der Waals surface area (Å²) in [5.41, 5.74) is 1.49. The fraction of sp³-hybridized carbons (Fsp3) is 0.0588. The predicted molar refractivity (Wildman–Crippen MR) is 86.1 cm³/mol. The topological polar surface area (TPSA) is 0 Å². The molecule has 0 aliphatic rings. The molecule has 0 saturated carbocycles. The fourth-order valence-electron chi connectivity index (χ4n) is 2.38. The van der Waals surface area contributed by atoms with Gasteiger partial charge in [0.2, 0.25) is 0 Å². The van der Waals surface area contributed by atoms with Crippen LogP contribution in [0.2, 0.25) is 5.02 Å². The Morgan fingerprint density at radius 1 is 0.900 bits per heavy atom. The Balaban J connectivity index is 2.21. The van der Waals surface area contributed by atoms with Crippen molar-refractivity contribution in [2.24, 2.45) is 0 Å². The SMILES string of the molecule is Fc1cccc(Cl)c1C(Br)c1cccc2ccccc12. The summed E-state index contributed by atoms with van der Waals surface area (Å²) in [5.74, 6) is -0.299. The lowest BCUT2D eigenvalue weighted by Crippen LogP contribution is -1.98. The summed E-state index contributed by atoms with van der Waals surface area (Å²) in [5, 5.41) is 2.65. The first-order valence-corrected chi connectivity index (χ1v) is 7.53. The van der Waals surface area contributed by atoms with E-state index in [0.717, 1.165) is 16.3 Å². The van der Waals surface area contributed by atoms with Crippen LogP contribution < -0.4 is 0 Å². The van der Waals surface area contributed by atoms with E-state index >= 15 is 0 Å². The van der Waals surface area contributed by atoms with Crippen LogP contribution in [0, 0.1) is 5.82 Å². The molecule has 1 unspecified atom stereocenters. The molecule has 0 N–H and O–H groups in total. The van der Waals surface area contributed by atoms with E-state index < -0.39 is 0 Å². The van der Waals surface area contributed by atoms with Gasteiger partial charge in [0, 0.05) is 10.6 Å². The normalized spacial score (nSPS) is 12.6. The highest BCUT2D eigenvalue weighted by Gasteiger charge is 2.19. The van der Waals surface area contributed by atoms with E-state index in [9.17, 15) is 4.39 Å². The molecule has 20 heavy (non-hydrogen) atoms. The Kier molecular flexibility index (Phi) is 3.77. The van der Waals surface area contributed by atoms with Gasteiger partial charge in [0.25, 0.3) is 0 Å². The number of alkyl halides is 1. The second-order valence-electron chi connectivity index (χ2n) is 4.57. The summed E-state index contributed by atoms with van der Waals surface area (Å²) >= 11 is 9.75. The highest BCUT2D eigenvalue weighted by molar-refractivity contribution is 9.09. The van der Waals surface area contributed by atoms with Crippen LogP contribution in [0.1, 0.15) is 16.0 Å². The zero-order chi connectivity index (χ0) is 14.1. The van der Waals surface area contributed by atoms with Gasteiger partial charge in [-0.3, -0.25) is 0 Å². The van der Waals surface area contributed by atoms with Crippen LogP contribution in [0.4, 0.5) is 4.39 Å². The lowest BCUT2D eigenvalue weighted by atomic mass is 9.98. The van der Waals surface area contributed by atoms with E-state index in [-0.39, 0.29) is 10.6 Å². The molecule has 3 aromatic carbocycles. The van der Waals surface area contributed by atoms with Crippen LogP contribution in [0.25, 0.3) is 10.8 Å². The van der Waals surface area contributed by atoms with Crippen LogP contribution >= 0.6 is 27.5 Å². The van der Waals surface area contributed by atoms with Crippen molar-refractivity contribution in [2.45, 2.75) is 4.83 Å². The van der Waals surface area contributed by atoms with Gasteiger partial charge in [0.05, 0.1) is 4.83 Å². The first kappa shape index (κ1) is 13.6. The zero-order valence-corrected chi connectivity index (χ0v) is 12.8. The number of fused-ring (bicyclic) bond motifs is 1. The molecule has 0 spiro atoms. The lowest BCUT2D eigenvalue weighted by Gasteiger charge is -2.15. The molecule has 0 fully saturated rings. The van der Waals surface area contributed by atoms with E-state index in [0.29, 0.717) is 10.6 Å². The monoisotopic (exact) mass is 348 g/mol. The summed E-state index contributed by atoms with van der Waals surface area (Å²) in [7, 11) is 0. The van der Waals surface area contributed by atoms with Crippen molar-refractivity contribution in [1.82, 2.24) is 0 Å². The Hall–Kier alpha value is -1.38. The van der Waals surface area contributed by atoms with Gasteiger partial charge in [-0.25, -0.2) is 4.39 Å². The van der Waals surface area contributed by atoms with Gasteiger partial charge in [-0.1, -0.05) is 76.1 Å².